The van der Waals surface area contributed by atoms with E-state index in [9.17, 15) is 5.11 Å². The van der Waals surface area contributed by atoms with Gasteiger partial charge in [-0.3, -0.25) is 4.90 Å². The van der Waals surface area contributed by atoms with Crippen LogP contribution in [0.25, 0.3) is 0 Å². The third-order valence-corrected chi connectivity index (χ3v) is 5.08. The Hall–Kier alpha value is -1.06. The molecule has 0 amide bonds. The summed E-state index contributed by atoms with van der Waals surface area (Å²) in [4.78, 5) is 2.60. The fourth-order valence-electron chi connectivity index (χ4n) is 4.06. The second-order valence-corrected chi connectivity index (χ2v) is 6.87. The van der Waals surface area contributed by atoms with Crippen LogP contribution in [0.2, 0.25) is 0 Å². The summed E-state index contributed by atoms with van der Waals surface area (Å²) in [6, 6.07) is 8.06. The Bertz CT molecular complexity index is 476. The van der Waals surface area contributed by atoms with Crippen LogP contribution in [-0.2, 0) is 6.54 Å². The number of benzene rings is 1. The number of hydrogen-bond donors (Lipinski definition) is 2. The highest BCUT2D eigenvalue weighted by Crippen LogP contribution is 2.31. The van der Waals surface area contributed by atoms with E-state index in [2.05, 4.69) is 30.1 Å². The van der Waals surface area contributed by atoms with E-state index in [1.54, 1.807) is 0 Å². The largest absolute Gasteiger partial charge is 0.508 e. The second-order valence-electron chi connectivity index (χ2n) is 6.87. The van der Waals surface area contributed by atoms with Gasteiger partial charge in [-0.25, -0.2) is 0 Å². The summed E-state index contributed by atoms with van der Waals surface area (Å²) in [5.41, 5.74) is 2.30. The molecule has 2 N–H and O–H groups in total. The Kier molecular flexibility index (Phi) is 4.51. The van der Waals surface area contributed by atoms with Gasteiger partial charge < -0.3 is 10.4 Å². The molecule has 2 fully saturated rings. The average Bonchev–Trinajstić information content (AvgIpc) is 2.81. The maximum atomic E-state index is 10.1. The number of piperidine rings is 1. The molecule has 1 aromatic rings. The van der Waals surface area contributed by atoms with Crippen molar-refractivity contribution in [1.82, 2.24) is 10.2 Å². The lowest BCUT2D eigenvalue weighted by atomic mass is 9.97. The van der Waals surface area contributed by atoms with Crippen LogP contribution in [0.15, 0.2) is 18.2 Å². The summed E-state index contributed by atoms with van der Waals surface area (Å²) in [5.74, 6) is 0.443. The molecule has 0 saturated carbocycles. The van der Waals surface area contributed by atoms with E-state index < -0.39 is 0 Å². The number of fused-ring (bicyclic) bond motifs is 2. The van der Waals surface area contributed by atoms with E-state index in [1.165, 1.54) is 37.7 Å². The zero-order chi connectivity index (χ0) is 14.8. The van der Waals surface area contributed by atoms with Gasteiger partial charge in [0, 0.05) is 30.2 Å². The van der Waals surface area contributed by atoms with Gasteiger partial charge in [0.25, 0.3) is 0 Å². The molecule has 0 aromatic heterocycles. The highest BCUT2D eigenvalue weighted by Gasteiger charge is 2.35. The Morgan fingerprint density at radius 1 is 1.24 bits per heavy atom. The molecule has 3 nitrogen and oxygen atoms in total. The van der Waals surface area contributed by atoms with E-state index in [-0.39, 0.29) is 0 Å². The molecule has 3 rings (SSSR count). The normalized spacial score (nSPS) is 28.2. The van der Waals surface area contributed by atoms with E-state index in [0.29, 0.717) is 11.8 Å². The lowest BCUT2D eigenvalue weighted by Crippen LogP contribution is -2.48. The first-order valence-corrected chi connectivity index (χ1v) is 8.44. The van der Waals surface area contributed by atoms with Crippen molar-refractivity contribution in [2.24, 2.45) is 0 Å². The second kappa shape index (κ2) is 6.37. The fraction of sp³-hybridized carbons (Fsp3) is 0.667. The molecule has 2 aliphatic rings. The van der Waals surface area contributed by atoms with Crippen molar-refractivity contribution < 1.29 is 5.11 Å². The number of phenols is 1. The minimum absolute atomic E-state index is 0.443. The van der Waals surface area contributed by atoms with E-state index in [4.69, 9.17) is 0 Å². The standard InChI is InChI=1S/C18H28N2O/c1-3-8-20(12-14-9-13(2)4-7-18(14)21)17-10-15-5-6-16(11-17)19-15/h4,7,9,15-17,19,21H,3,5-6,8,10-12H2,1-2H3. The van der Waals surface area contributed by atoms with Gasteiger partial charge in [-0.15, -0.1) is 0 Å². The van der Waals surface area contributed by atoms with Crippen LogP contribution in [0.1, 0.15) is 50.2 Å². The Morgan fingerprint density at radius 2 is 1.95 bits per heavy atom. The highest BCUT2D eigenvalue weighted by molar-refractivity contribution is 5.35. The molecule has 2 heterocycles. The first-order valence-electron chi connectivity index (χ1n) is 8.44. The summed E-state index contributed by atoms with van der Waals surface area (Å²) >= 11 is 0. The molecule has 2 aliphatic heterocycles. The van der Waals surface area contributed by atoms with Gasteiger partial charge in [-0.05, 0) is 51.6 Å². The lowest BCUT2D eigenvalue weighted by molar-refractivity contribution is 0.133. The monoisotopic (exact) mass is 288 g/mol. The van der Waals surface area contributed by atoms with Gasteiger partial charge in [0.1, 0.15) is 5.75 Å². The molecule has 2 atom stereocenters. The molecular formula is C18H28N2O. The number of hydrogen-bond acceptors (Lipinski definition) is 3. The summed E-state index contributed by atoms with van der Waals surface area (Å²) in [6.45, 7) is 6.35. The number of aromatic hydroxyl groups is 1. The zero-order valence-corrected chi connectivity index (χ0v) is 13.3. The number of rotatable bonds is 5. The van der Waals surface area contributed by atoms with Gasteiger partial charge in [0.05, 0.1) is 0 Å². The van der Waals surface area contributed by atoms with Crippen molar-refractivity contribution >= 4 is 0 Å². The topological polar surface area (TPSA) is 35.5 Å². The fourth-order valence-corrected chi connectivity index (χ4v) is 4.06. The minimum atomic E-state index is 0.443. The maximum absolute atomic E-state index is 10.1. The Labute approximate surface area is 128 Å². The molecule has 2 unspecified atom stereocenters. The van der Waals surface area contributed by atoms with Gasteiger partial charge in [-0.1, -0.05) is 24.6 Å². The van der Waals surface area contributed by atoms with Gasteiger partial charge in [0.2, 0.25) is 0 Å². The molecular weight excluding hydrogens is 260 g/mol. The van der Waals surface area contributed by atoms with E-state index in [1.807, 2.05) is 12.1 Å². The van der Waals surface area contributed by atoms with E-state index in [0.717, 1.165) is 30.7 Å². The first kappa shape index (κ1) is 14.9. The van der Waals surface area contributed by atoms with Crippen LogP contribution in [0, 0.1) is 6.92 Å². The smallest absolute Gasteiger partial charge is 0.120 e. The molecule has 21 heavy (non-hydrogen) atoms. The SMILES string of the molecule is CCCN(Cc1cc(C)ccc1O)C1CC2CCC(C1)N2. The zero-order valence-electron chi connectivity index (χ0n) is 13.3. The van der Waals surface area contributed by atoms with Crippen molar-refractivity contribution in [3.63, 3.8) is 0 Å². The molecule has 2 saturated heterocycles. The summed E-state index contributed by atoms with van der Waals surface area (Å²) < 4.78 is 0. The lowest BCUT2D eigenvalue weighted by Gasteiger charge is -2.38. The molecule has 2 bridgehead atoms. The predicted octanol–water partition coefficient (Wildman–Crippen LogP) is 3.20. The molecule has 116 valence electrons. The third kappa shape index (κ3) is 3.41. The van der Waals surface area contributed by atoms with Crippen LogP contribution >= 0.6 is 0 Å². The van der Waals surface area contributed by atoms with Crippen molar-refractivity contribution in [2.45, 2.75) is 70.6 Å². The molecule has 0 aliphatic carbocycles. The molecule has 0 radical (unpaired) electrons. The van der Waals surface area contributed by atoms with Crippen molar-refractivity contribution in [3.05, 3.63) is 29.3 Å². The summed E-state index contributed by atoms with van der Waals surface area (Å²) in [5, 5.41) is 13.9. The van der Waals surface area contributed by atoms with Crippen molar-refractivity contribution in [1.29, 1.82) is 0 Å². The molecule has 3 heteroatoms. The van der Waals surface area contributed by atoms with Gasteiger partial charge in [0.15, 0.2) is 0 Å². The molecule has 0 spiro atoms. The summed E-state index contributed by atoms with van der Waals surface area (Å²) in [6.07, 6.45) is 6.39. The van der Waals surface area contributed by atoms with Crippen LogP contribution in [0.5, 0.6) is 5.75 Å². The van der Waals surface area contributed by atoms with E-state index >= 15 is 0 Å². The minimum Gasteiger partial charge on any atom is -0.508 e. The number of aryl methyl sites for hydroxylation is 1. The van der Waals surface area contributed by atoms with Crippen LogP contribution in [0.4, 0.5) is 0 Å². The first-order chi connectivity index (χ1) is 10.2. The Balaban J connectivity index is 1.73. The third-order valence-electron chi connectivity index (χ3n) is 5.08. The van der Waals surface area contributed by atoms with Crippen molar-refractivity contribution in [3.8, 4) is 5.75 Å². The number of nitrogens with zero attached hydrogens (tertiary/aromatic N) is 1. The molecule has 1 aromatic carbocycles. The maximum Gasteiger partial charge on any atom is 0.120 e. The summed E-state index contributed by atoms with van der Waals surface area (Å²) in [7, 11) is 0. The number of phenolic OH excluding ortho intramolecular Hbond substituents is 1. The van der Waals surface area contributed by atoms with Crippen molar-refractivity contribution in [2.75, 3.05) is 6.54 Å². The van der Waals surface area contributed by atoms with Crippen LogP contribution < -0.4 is 5.32 Å². The van der Waals surface area contributed by atoms with Gasteiger partial charge >= 0.3 is 0 Å². The quantitative estimate of drug-likeness (QED) is 0.873. The highest BCUT2D eigenvalue weighted by atomic mass is 16.3. The average molecular weight is 288 g/mol. The van der Waals surface area contributed by atoms with Crippen LogP contribution in [0.3, 0.4) is 0 Å². The predicted molar refractivity (Wildman–Crippen MR) is 86.5 cm³/mol. The number of nitrogens with one attached hydrogen (secondary N) is 1. The Morgan fingerprint density at radius 3 is 2.62 bits per heavy atom. The van der Waals surface area contributed by atoms with Crippen LogP contribution in [-0.4, -0.2) is 34.7 Å². The van der Waals surface area contributed by atoms with Gasteiger partial charge in [-0.2, -0.15) is 0 Å².